The van der Waals surface area contributed by atoms with E-state index in [1.807, 2.05) is 0 Å². The minimum atomic E-state index is -0.722. The third-order valence-electron chi connectivity index (χ3n) is 2.20. The maximum atomic E-state index is 13.6. The molecule has 92 valence electrons. The van der Waals surface area contributed by atoms with Crippen LogP contribution in [0, 0.1) is 5.82 Å². The minimum Gasteiger partial charge on any atom is -0.392 e. The largest absolute Gasteiger partial charge is 0.392 e. The van der Waals surface area contributed by atoms with Crippen LogP contribution < -0.4 is 5.73 Å². The molecule has 1 rings (SSSR count). The van der Waals surface area contributed by atoms with Crippen LogP contribution in [-0.4, -0.2) is 28.9 Å². The van der Waals surface area contributed by atoms with E-state index in [1.54, 1.807) is 6.92 Å². The summed E-state index contributed by atoms with van der Waals surface area (Å²) in [5.41, 5.74) is 5.30. The lowest BCUT2D eigenvalue weighted by Gasteiger charge is -2.20. The number of halogens is 2. The number of nitrogens with zero attached hydrogens (tertiary/aromatic N) is 1. The summed E-state index contributed by atoms with van der Waals surface area (Å²) in [7, 11) is 0. The second kappa shape index (κ2) is 5.93. The predicted molar refractivity (Wildman–Crippen MR) is 69.8 cm³/mol. The number of carbonyl (C=O) groups is 1. The monoisotopic (exact) mass is 274 g/mol. The third-order valence-corrected chi connectivity index (χ3v) is 2.62. The molecular formula is C11H12ClFN2OS. The van der Waals surface area contributed by atoms with Crippen molar-refractivity contribution in [3.63, 3.8) is 0 Å². The fraction of sp³-hybridized carbons (Fsp3) is 0.273. The lowest BCUT2D eigenvalue weighted by atomic mass is 10.2. The van der Waals surface area contributed by atoms with Gasteiger partial charge in [-0.3, -0.25) is 4.79 Å². The fourth-order valence-corrected chi connectivity index (χ4v) is 1.69. The van der Waals surface area contributed by atoms with E-state index in [4.69, 9.17) is 29.6 Å². The van der Waals surface area contributed by atoms with E-state index < -0.39 is 11.7 Å². The molecule has 1 aromatic rings. The van der Waals surface area contributed by atoms with Crippen LogP contribution in [0.25, 0.3) is 0 Å². The number of benzene rings is 1. The number of rotatable bonds is 4. The molecule has 2 N–H and O–H groups in total. The van der Waals surface area contributed by atoms with Crippen LogP contribution in [0.15, 0.2) is 18.2 Å². The van der Waals surface area contributed by atoms with Crippen LogP contribution >= 0.6 is 23.8 Å². The molecule has 0 spiro atoms. The van der Waals surface area contributed by atoms with Crippen molar-refractivity contribution in [3.05, 3.63) is 34.6 Å². The zero-order chi connectivity index (χ0) is 13.0. The van der Waals surface area contributed by atoms with Gasteiger partial charge in [0.1, 0.15) is 0 Å². The van der Waals surface area contributed by atoms with Crippen molar-refractivity contribution >= 4 is 34.7 Å². The van der Waals surface area contributed by atoms with Gasteiger partial charge < -0.3 is 10.6 Å². The maximum Gasteiger partial charge on any atom is 0.257 e. The molecule has 3 nitrogen and oxygen atoms in total. The van der Waals surface area contributed by atoms with E-state index in [0.29, 0.717) is 6.54 Å². The average Bonchev–Trinajstić information content (AvgIpc) is 2.28. The summed E-state index contributed by atoms with van der Waals surface area (Å²) in [6.07, 6.45) is 0. The van der Waals surface area contributed by atoms with Crippen LogP contribution in [-0.2, 0) is 0 Å². The van der Waals surface area contributed by atoms with Gasteiger partial charge in [0.25, 0.3) is 5.91 Å². The normalized spacial score (nSPS) is 10.1. The van der Waals surface area contributed by atoms with Crippen molar-refractivity contribution in [1.82, 2.24) is 4.90 Å². The van der Waals surface area contributed by atoms with Crippen LogP contribution in [0.3, 0.4) is 0 Å². The van der Waals surface area contributed by atoms with Crippen LogP contribution in [0.4, 0.5) is 4.39 Å². The Hall–Kier alpha value is -1.20. The topological polar surface area (TPSA) is 46.3 Å². The highest BCUT2D eigenvalue weighted by molar-refractivity contribution is 7.80. The Kier molecular flexibility index (Phi) is 4.84. The number of thiocarbonyl (C=S) groups is 1. The van der Waals surface area contributed by atoms with Gasteiger partial charge >= 0.3 is 0 Å². The summed E-state index contributed by atoms with van der Waals surface area (Å²) in [5, 5.41) is -0.0813. The molecule has 1 aromatic carbocycles. The predicted octanol–water partition coefficient (Wildman–Crippen LogP) is 2.23. The van der Waals surface area contributed by atoms with E-state index in [1.165, 1.54) is 23.1 Å². The smallest absolute Gasteiger partial charge is 0.257 e. The Balaban J connectivity index is 3.02. The Morgan fingerprint density at radius 1 is 1.59 bits per heavy atom. The van der Waals surface area contributed by atoms with Crippen molar-refractivity contribution in [3.8, 4) is 0 Å². The van der Waals surface area contributed by atoms with Gasteiger partial charge in [0, 0.05) is 6.54 Å². The van der Waals surface area contributed by atoms with Crippen molar-refractivity contribution in [2.75, 3.05) is 13.1 Å². The Bertz CT molecular complexity index is 453. The molecule has 6 heteroatoms. The lowest BCUT2D eigenvalue weighted by molar-refractivity contribution is 0.0783. The first-order valence-electron chi connectivity index (χ1n) is 4.99. The molecule has 0 unspecified atom stereocenters. The summed E-state index contributed by atoms with van der Waals surface area (Å²) >= 11 is 10.3. The Morgan fingerprint density at radius 2 is 2.24 bits per heavy atom. The summed E-state index contributed by atoms with van der Waals surface area (Å²) < 4.78 is 13.6. The van der Waals surface area contributed by atoms with Gasteiger partial charge in [-0.1, -0.05) is 29.9 Å². The molecule has 0 radical (unpaired) electrons. The van der Waals surface area contributed by atoms with Crippen molar-refractivity contribution in [2.45, 2.75) is 6.92 Å². The highest BCUT2D eigenvalue weighted by atomic mass is 35.5. The summed E-state index contributed by atoms with van der Waals surface area (Å²) in [5.74, 6) is -1.19. The Morgan fingerprint density at radius 3 is 2.76 bits per heavy atom. The second-order valence-electron chi connectivity index (χ2n) is 3.39. The van der Waals surface area contributed by atoms with E-state index in [9.17, 15) is 9.18 Å². The first-order valence-corrected chi connectivity index (χ1v) is 5.77. The first kappa shape index (κ1) is 13.9. The fourth-order valence-electron chi connectivity index (χ4n) is 1.35. The Labute approximate surface area is 109 Å². The van der Waals surface area contributed by atoms with E-state index >= 15 is 0 Å². The molecular weight excluding hydrogens is 263 g/mol. The van der Waals surface area contributed by atoms with Gasteiger partial charge in [-0.15, -0.1) is 0 Å². The molecule has 0 saturated carbocycles. The molecule has 0 heterocycles. The molecule has 0 aromatic heterocycles. The number of likely N-dealkylation sites (N-methyl/N-ethyl adjacent to an activating group) is 1. The van der Waals surface area contributed by atoms with Gasteiger partial charge in [0.15, 0.2) is 5.82 Å². The van der Waals surface area contributed by atoms with Crippen molar-refractivity contribution in [1.29, 1.82) is 0 Å². The number of hydrogen-bond acceptors (Lipinski definition) is 2. The van der Waals surface area contributed by atoms with Gasteiger partial charge in [0.05, 0.1) is 22.1 Å². The minimum absolute atomic E-state index is 0.0735. The third kappa shape index (κ3) is 3.38. The van der Waals surface area contributed by atoms with Gasteiger partial charge in [-0.25, -0.2) is 4.39 Å². The number of amides is 1. The van der Waals surface area contributed by atoms with Crippen LogP contribution in [0.2, 0.25) is 5.02 Å². The van der Waals surface area contributed by atoms with E-state index in [2.05, 4.69) is 0 Å². The molecule has 17 heavy (non-hydrogen) atoms. The van der Waals surface area contributed by atoms with Gasteiger partial charge in [0.2, 0.25) is 0 Å². The second-order valence-corrected chi connectivity index (χ2v) is 4.32. The lowest BCUT2D eigenvalue weighted by Crippen LogP contribution is -2.37. The molecule has 0 fully saturated rings. The van der Waals surface area contributed by atoms with Crippen LogP contribution in [0.1, 0.15) is 17.3 Å². The summed E-state index contributed by atoms with van der Waals surface area (Å²) in [4.78, 5) is 13.5. The molecule has 0 bridgehead atoms. The standard InChI is InChI=1S/C11H12ClFN2OS/c1-2-15(6-9(14)17)11(16)7-4-3-5-8(12)10(7)13/h3-5H,2,6H2,1H3,(H2,14,17). The molecule has 0 aliphatic rings. The highest BCUT2D eigenvalue weighted by Gasteiger charge is 2.19. The highest BCUT2D eigenvalue weighted by Crippen LogP contribution is 2.19. The first-order chi connectivity index (χ1) is 7.97. The van der Waals surface area contributed by atoms with E-state index in [-0.39, 0.29) is 22.1 Å². The SMILES string of the molecule is CCN(CC(N)=S)C(=O)c1cccc(Cl)c1F. The van der Waals surface area contributed by atoms with Crippen molar-refractivity contribution < 1.29 is 9.18 Å². The number of carbonyl (C=O) groups excluding carboxylic acids is 1. The molecule has 0 aliphatic carbocycles. The molecule has 1 amide bonds. The van der Waals surface area contributed by atoms with Crippen LogP contribution in [0.5, 0.6) is 0 Å². The zero-order valence-corrected chi connectivity index (χ0v) is 10.8. The van der Waals surface area contributed by atoms with Gasteiger partial charge in [-0.2, -0.15) is 0 Å². The summed E-state index contributed by atoms with van der Waals surface area (Å²) in [6.45, 7) is 2.28. The maximum absolute atomic E-state index is 13.6. The number of hydrogen-bond donors (Lipinski definition) is 1. The zero-order valence-electron chi connectivity index (χ0n) is 9.24. The number of nitrogens with two attached hydrogens (primary N) is 1. The molecule has 0 aliphatic heterocycles. The van der Waals surface area contributed by atoms with E-state index in [0.717, 1.165) is 0 Å². The summed E-state index contributed by atoms with van der Waals surface area (Å²) in [6, 6.07) is 4.29. The van der Waals surface area contributed by atoms with Crippen molar-refractivity contribution in [2.24, 2.45) is 5.73 Å². The average molecular weight is 275 g/mol. The molecule has 0 saturated heterocycles. The quantitative estimate of drug-likeness (QED) is 0.857. The molecule has 0 atom stereocenters. The van der Waals surface area contributed by atoms with Gasteiger partial charge in [-0.05, 0) is 19.1 Å².